The highest BCUT2D eigenvalue weighted by Crippen LogP contribution is 2.07. The number of rotatable bonds is 2. The van der Waals surface area contributed by atoms with Crippen molar-refractivity contribution in [1.29, 1.82) is 0 Å². The zero-order valence-electron chi connectivity index (χ0n) is 5.58. The van der Waals surface area contributed by atoms with Crippen LogP contribution in [0.1, 0.15) is 12.8 Å². The van der Waals surface area contributed by atoms with Gasteiger partial charge >= 0.3 is 5.97 Å². The molecule has 0 aromatic heterocycles. The Morgan fingerprint density at radius 3 is 2.60 bits per heavy atom. The summed E-state index contributed by atoms with van der Waals surface area (Å²) in [6.45, 7) is 1.22. The van der Waals surface area contributed by atoms with Gasteiger partial charge in [0.1, 0.15) is 0 Å². The summed E-state index contributed by atoms with van der Waals surface area (Å²) in [6.07, 6.45) is 0.280. The fourth-order valence-corrected chi connectivity index (χ4v) is 0.797. The van der Waals surface area contributed by atoms with Crippen LogP contribution < -0.4 is 0 Å². The van der Waals surface area contributed by atoms with E-state index in [0.717, 1.165) is 6.42 Å². The van der Waals surface area contributed by atoms with E-state index in [4.69, 9.17) is 14.6 Å². The highest BCUT2D eigenvalue weighted by molar-refractivity contribution is 5.67. The molecule has 0 saturated carbocycles. The van der Waals surface area contributed by atoms with E-state index in [-0.39, 0.29) is 6.42 Å². The normalized spacial score (nSPS) is 20.8. The van der Waals surface area contributed by atoms with Gasteiger partial charge in [-0.25, -0.2) is 0 Å². The SMILES string of the molecule is O=C(O)CC1OCCCO1. The predicted octanol–water partition coefficient (Wildman–Crippen LogP) is 0.224. The van der Waals surface area contributed by atoms with E-state index < -0.39 is 12.3 Å². The minimum absolute atomic E-state index is 0.0556. The number of carbonyl (C=O) groups is 1. The maximum Gasteiger partial charge on any atom is 0.308 e. The topological polar surface area (TPSA) is 55.8 Å². The zero-order valence-corrected chi connectivity index (χ0v) is 5.58. The van der Waals surface area contributed by atoms with E-state index in [2.05, 4.69) is 0 Å². The smallest absolute Gasteiger partial charge is 0.308 e. The lowest BCUT2D eigenvalue weighted by molar-refractivity contribution is -0.189. The molecule has 1 fully saturated rings. The molecule has 0 atom stereocenters. The molecule has 0 amide bonds. The molecule has 0 aromatic carbocycles. The van der Waals surface area contributed by atoms with Gasteiger partial charge in [0.05, 0.1) is 19.6 Å². The molecular weight excluding hydrogens is 136 g/mol. The number of carboxylic acids is 1. The summed E-state index contributed by atoms with van der Waals surface area (Å²) in [6, 6.07) is 0. The molecule has 4 nitrogen and oxygen atoms in total. The molecule has 1 aliphatic heterocycles. The molecule has 0 aromatic rings. The molecule has 1 aliphatic rings. The highest BCUT2D eigenvalue weighted by Gasteiger charge is 2.16. The minimum atomic E-state index is -0.882. The first kappa shape index (κ1) is 7.50. The van der Waals surface area contributed by atoms with Gasteiger partial charge in [-0.2, -0.15) is 0 Å². The molecule has 0 bridgehead atoms. The standard InChI is InChI=1S/C6H10O4/c7-5(8)4-6-9-2-1-3-10-6/h6H,1-4H2,(H,7,8). The molecule has 58 valence electrons. The van der Waals surface area contributed by atoms with Crippen molar-refractivity contribution >= 4 is 5.97 Å². The Morgan fingerprint density at radius 1 is 1.50 bits per heavy atom. The molecule has 0 radical (unpaired) electrons. The van der Waals surface area contributed by atoms with Crippen LogP contribution >= 0.6 is 0 Å². The quantitative estimate of drug-likeness (QED) is 0.605. The van der Waals surface area contributed by atoms with E-state index in [1.54, 1.807) is 0 Å². The molecule has 4 heteroatoms. The molecule has 10 heavy (non-hydrogen) atoms. The maximum atomic E-state index is 10.1. The van der Waals surface area contributed by atoms with Crippen LogP contribution in [0.2, 0.25) is 0 Å². The third-order valence-corrected chi connectivity index (χ3v) is 1.24. The van der Waals surface area contributed by atoms with Gasteiger partial charge < -0.3 is 14.6 Å². The molecule has 1 heterocycles. The number of hydrogen-bond donors (Lipinski definition) is 1. The van der Waals surface area contributed by atoms with Crippen molar-refractivity contribution < 1.29 is 19.4 Å². The van der Waals surface area contributed by atoms with Gasteiger partial charge in [0.25, 0.3) is 0 Å². The summed E-state index contributed by atoms with van der Waals surface area (Å²) in [5, 5.41) is 8.31. The highest BCUT2D eigenvalue weighted by atomic mass is 16.7. The Hall–Kier alpha value is -0.610. The van der Waals surface area contributed by atoms with Crippen LogP contribution in [0.5, 0.6) is 0 Å². The number of aliphatic carboxylic acids is 1. The van der Waals surface area contributed by atoms with E-state index >= 15 is 0 Å². The molecule has 0 spiro atoms. The van der Waals surface area contributed by atoms with E-state index in [9.17, 15) is 4.79 Å². The maximum absolute atomic E-state index is 10.1. The van der Waals surface area contributed by atoms with Crippen LogP contribution in [-0.4, -0.2) is 30.6 Å². The minimum Gasteiger partial charge on any atom is -0.481 e. The average Bonchev–Trinajstić information content (AvgIpc) is 1.88. The molecular formula is C6H10O4. The van der Waals surface area contributed by atoms with Gasteiger partial charge in [0, 0.05) is 0 Å². The lowest BCUT2D eigenvalue weighted by Gasteiger charge is -2.21. The lowest BCUT2D eigenvalue weighted by Crippen LogP contribution is -2.27. The van der Waals surface area contributed by atoms with Crippen molar-refractivity contribution in [2.75, 3.05) is 13.2 Å². The Kier molecular flexibility index (Phi) is 2.65. The second-order valence-corrected chi connectivity index (χ2v) is 2.12. The zero-order chi connectivity index (χ0) is 7.40. The second-order valence-electron chi connectivity index (χ2n) is 2.12. The van der Waals surface area contributed by atoms with Crippen molar-refractivity contribution in [2.24, 2.45) is 0 Å². The van der Waals surface area contributed by atoms with Crippen LogP contribution in [0.3, 0.4) is 0 Å². The van der Waals surface area contributed by atoms with E-state index in [1.165, 1.54) is 0 Å². The Balaban J connectivity index is 2.19. The Bertz CT molecular complexity index is 117. The van der Waals surface area contributed by atoms with Gasteiger partial charge in [-0.15, -0.1) is 0 Å². The van der Waals surface area contributed by atoms with E-state index in [0.29, 0.717) is 13.2 Å². The van der Waals surface area contributed by atoms with Crippen molar-refractivity contribution in [1.82, 2.24) is 0 Å². The first-order valence-electron chi connectivity index (χ1n) is 3.24. The van der Waals surface area contributed by atoms with Gasteiger partial charge in [0.2, 0.25) is 0 Å². The number of hydrogen-bond acceptors (Lipinski definition) is 3. The average molecular weight is 146 g/mol. The van der Waals surface area contributed by atoms with Crippen LogP contribution in [0.4, 0.5) is 0 Å². The number of ether oxygens (including phenoxy) is 2. The van der Waals surface area contributed by atoms with Crippen molar-refractivity contribution in [3.05, 3.63) is 0 Å². The monoisotopic (exact) mass is 146 g/mol. The first-order chi connectivity index (χ1) is 4.79. The van der Waals surface area contributed by atoms with Gasteiger partial charge in [-0.3, -0.25) is 4.79 Å². The fourth-order valence-electron chi connectivity index (χ4n) is 0.797. The predicted molar refractivity (Wildman–Crippen MR) is 32.6 cm³/mol. The third-order valence-electron chi connectivity index (χ3n) is 1.24. The number of carboxylic acid groups (broad SMARTS) is 1. The second kappa shape index (κ2) is 3.53. The van der Waals surface area contributed by atoms with Gasteiger partial charge in [-0.05, 0) is 6.42 Å². The largest absolute Gasteiger partial charge is 0.481 e. The molecule has 1 rings (SSSR count). The summed E-state index contributed by atoms with van der Waals surface area (Å²) in [5.41, 5.74) is 0. The Morgan fingerprint density at radius 2 is 2.10 bits per heavy atom. The molecule has 0 unspecified atom stereocenters. The van der Waals surface area contributed by atoms with Crippen LogP contribution in [0.25, 0.3) is 0 Å². The van der Waals surface area contributed by atoms with Gasteiger partial charge in [0.15, 0.2) is 6.29 Å². The fraction of sp³-hybridized carbons (Fsp3) is 0.833. The molecule has 1 N–H and O–H groups in total. The van der Waals surface area contributed by atoms with E-state index in [1.807, 2.05) is 0 Å². The summed E-state index contributed by atoms with van der Waals surface area (Å²) >= 11 is 0. The summed E-state index contributed by atoms with van der Waals surface area (Å²) in [5.74, 6) is -0.882. The third kappa shape index (κ3) is 2.33. The van der Waals surface area contributed by atoms with Crippen LogP contribution in [0, 0.1) is 0 Å². The molecule has 1 saturated heterocycles. The van der Waals surface area contributed by atoms with Crippen molar-refractivity contribution in [3.8, 4) is 0 Å². The summed E-state index contributed by atoms with van der Waals surface area (Å²) in [4.78, 5) is 10.1. The van der Waals surface area contributed by atoms with Gasteiger partial charge in [-0.1, -0.05) is 0 Å². The lowest BCUT2D eigenvalue weighted by atomic mass is 10.4. The molecule has 0 aliphatic carbocycles. The first-order valence-corrected chi connectivity index (χ1v) is 3.24. The summed E-state index contributed by atoms with van der Waals surface area (Å²) in [7, 11) is 0. The summed E-state index contributed by atoms with van der Waals surface area (Å²) < 4.78 is 9.97. The van der Waals surface area contributed by atoms with Crippen molar-refractivity contribution in [2.45, 2.75) is 19.1 Å². The van der Waals surface area contributed by atoms with Crippen LogP contribution in [0.15, 0.2) is 0 Å². The van der Waals surface area contributed by atoms with Crippen LogP contribution in [-0.2, 0) is 14.3 Å². The Labute approximate surface area is 58.7 Å². The van der Waals surface area contributed by atoms with Crippen molar-refractivity contribution in [3.63, 3.8) is 0 Å².